The molecule has 0 bridgehead atoms. The van der Waals surface area contributed by atoms with Gasteiger partial charge in [0.1, 0.15) is 0 Å². The molecule has 0 aliphatic carbocycles. The van der Waals surface area contributed by atoms with Crippen LogP contribution in [0.25, 0.3) is 0 Å². The Labute approximate surface area is 107 Å². The zero-order valence-electron chi connectivity index (χ0n) is 7.34. The van der Waals surface area contributed by atoms with Crippen molar-refractivity contribution in [2.75, 3.05) is 0 Å². The summed E-state index contributed by atoms with van der Waals surface area (Å²) in [7, 11) is 0.735. The molecule has 0 saturated heterocycles. The van der Waals surface area contributed by atoms with Crippen LogP contribution in [0.2, 0.25) is 5.02 Å². The highest BCUT2D eigenvalue weighted by Crippen LogP contribution is 2.12. The summed E-state index contributed by atoms with van der Waals surface area (Å²) in [5.41, 5.74) is 0. The largest absolute Gasteiger partial charge is 0.317 e. The maximum Gasteiger partial charge on any atom is 0.317 e. The molecule has 10 heteroatoms. The molecule has 0 atom stereocenters. The average molecular weight is 328 g/mol. The molecule has 0 heterocycles. The second kappa shape index (κ2) is 6.04. The van der Waals surface area contributed by atoms with Crippen LogP contribution in [-0.2, 0) is 18.4 Å². The summed E-state index contributed by atoms with van der Waals surface area (Å²) in [6.45, 7) is 0. The van der Waals surface area contributed by atoms with Crippen LogP contribution in [0.1, 0.15) is 0 Å². The zero-order valence-corrected chi connectivity index (χ0v) is 11.2. The van der Waals surface area contributed by atoms with Gasteiger partial charge in [-0.3, -0.25) is 4.55 Å². The molecule has 0 aliphatic heterocycles. The van der Waals surface area contributed by atoms with E-state index in [2.05, 4.69) is 21.4 Å². The fourth-order valence-corrected chi connectivity index (χ4v) is 1.21. The van der Waals surface area contributed by atoms with E-state index in [4.69, 9.17) is 24.6 Å². The van der Waals surface area contributed by atoms with Gasteiger partial charge in [0.25, 0.3) is 10.1 Å². The van der Waals surface area contributed by atoms with Crippen LogP contribution in [-0.4, -0.2) is 21.4 Å². The fraction of sp³-hybridized carbons (Fsp3) is 0. The van der Waals surface area contributed by atoms with Gasteiger partial charge in [0.15, 0.2) is 0 Å². The Morgan fingerprint density at radius 2 is 1.25 bits per heavy atom. The van der Waals surface area contributed by atoms with Crippen LogP contribution < -0.4 is 0 Å². The molecule has 1 rings (SSSR count). The van der Waals surface area contributed by atoms with Crippen LogP contribution in [0.5, 0.6) is 0 Å². The quantitative estimate of drug-likeness (QED) is 0.631. The van der Waals surface area contributed by atoms with Crippen molar-refractivity contribution in [3.63, 3.8) is 0 Å². The molecule has 0 fully saturated rings. The number of halogens is 3. The van der Waals surface area contributed by atoms with Crippen molar-refractivity contribution in [2.24, 2.45) is 0 Å². The second-order valence-electron chi connectivity index (χ2n) is 2.31. The van der Waals surface area contributed by atoms with E-state index in [1.807, 2.05) is 0 Å². The lowest BCUT2D eigenvalue weighted by Gasteiger charge is -1.94. The van der Waals surface area contributed by atoms with Gasteiger partial charge in [-0.25, -0.2) is 0 Å². The van der Waals surface area contributed by atoms with Gasteiger partial charge in [0, 0.05) is 26.4 Å². The minimum Gasteiger partial charge on any atom is -0.282 e. The summed E-state index contributed by atoms with van der Waals surface area (Å²) in [6, 6.07) is 5.25. The molecule has 0 unspecified atom stereocenters. The van der Waals surface area contributed by atoms with Crippen LogP contribution in [0, 0.1) is 0 Å². The summed E-state index contributed by atoms with van der Waals surface area (Å²) in [6.07, 6.45) is 0. The van der Waals surface area contributed by atoms with Gasteiger partial charge in [0.2, 0.25) is 0 Å². The smallest absolute Gasteiger partial charge is 0.282 e. The topological polar surface area (TPSA) is 88.5 Å². The summed E-state index contributed by atoms with van der Waals surface area (Å²) >= 11 is 5.49. The van der Waals surface area contributed by atoms with Crippen molar-refractivity contribution in [1.29, 1.82) is 0 Å². The summed E-state index contributed by atoms with van der Waals surface area (Å²) < 4.78 is 47.7. The third-order valence-corrected chi connectivity index (χ3v) is 2.23. The zero-order chi connectivity index (χ0) is 13.0. The van der Waals surface area contributed by atoms with Crippen molar-refractivity contribution in [2.45, 2.75) is 4.90 Å². The van der Waals surface area contributed by atoms with Gasteiger partial charge in [-0.2, -0.15) is 16.8 Å². The van der Waals surface area contributed by atoms with Crippen LogP contribution in [0.15, 0.2) is 29.2 Å². The molecule has 0 saturated carbocycles. The minimum absolute atomic E-state index is 0.151. The van der Waals surface area contributed by atoms with E-state index in [1.54, 1.807) is 0 Å². The minimum atomic E-state index is -4.08. The van der Waals surface area contributed by atoms with Crippen LogP contribution >= 0.6 is 33.0 Å². The molecule has 16 heavy (non-hydrogen) atoms. The molecule has 0 radical (unpaired) electrons. The van der Waals surface area contributed by atoms with Gasteiger partial charge >= 0.3 is 8.26 Å². The Morgan fingerprint density at radius 1 is 0.938 bits per heavy atom. The molecule has 0 aromatic heterocycles. The van der Waals surface area contributed by atoms with E-state index in [9.17, 15) is 8.42 Å². The number of benzene rings is 1. The number of hydrogen-bond donors (Lipinski definition) is 1. The molecular formula is C6H5Cl3O5S2. The lowest BCUT2D eigenvalue weighted by molar-refractivity contribution is 0.483. The van der Waals surface area contributed by atoms with Crippen molar-refractivity contribution < 1.29 is 21.4 Å². The molecule has 1 N–H and O–H groups in total. The Bertz CT molecular complexity index is 526. The number of rotatable bonds is 1. The molecule has 1 aromatic carbocycles. The SMILES string of the molecule is O=S(=O)(Cl)Cl.O=S(=O)(O)c1ccc(Cl)cc1. The van der Waals surface area contributed by atoms with Gasteiger partial charge in [-0.05, 0) is 24.3 Å². The molecule has 1 aromatic rings. The third kappa shape index (κ3) is 9.20. The predicted octanol–water partition coefficient (Wildman–Crippen LogP) is 2.30. The Hall–Kier alpha value is -0.0500. The lowest BCUT2D eigenvalue weighted by Crippen LogP contribution is -1.96. The average Bonchev–Trinajstić information content (AvgIpc) is 1.99. The Morgan fingerprint density at radius 3 is 1.50 bits per heavy atom. The van der Waals surface area contributed by atoms with Crippen molar-refractivity contribution >= 4 is 51.3 Å². The van der Waals surface area contributed by atoms with Crippen molar-refractivity contribution in [3.8, 4) is 0 Å². The third-order valence-electron chi connectivity index (χ3n) is 1.11. The van der Waals surface area contributed by atoms with Crippen LogP contribution in [0.4, 0.5) is 0 Å². The maximum absolute atomic E-state index is 10.5. The standard InChI is InChI=1S/C6H5ClO3S.Cl2O2S/c7-5-1-3-6(4-2-5)11(8,9)10;1-5(2,3)4/h1-4H,(H,8,9,10);. The Kier molecular flexibility index (Phi) is 6.02. The monoisotopic (exact) mass is 326 g/mol. The normalized spacial score (nSPS) is 11.5. The molecule has 0 aliphatic rings. The first-order valence-corrected chi connectivity index (χ1v) is 8.33. The highest BCUT2D eigenvalue weighted by Gasteiger charge is 2.07. The van der Waals surface area contributed by atoms with E-state index in [0.717, 1.165) is 0 Å². The highest BCUT2D eigenvalue weighted by molar-refractivity contribution is 8.31. The van der Waals surface area contributed by atoms with Gasteiger partial charge < -0.3 is 0 Å². The van der Waals surface area contributed by atoms with E-state index in [0.29, 0.717) is 5.02 Å². The predicted molar refractivity (Wildman–Crippen MR) is 61.9 cm³/mol. The molecule has 5 nitrogen and oxygen atoms in total. The summed E-state index contributed by atoms with van der Waals surface area (Å²) in [4.78, 5) is -0.151. The first-order chi connectivity index (χ1) is 7.00. The summed E-state index contributed by atoms with van der Waals surface area (Å²) in [5.74, 6) is 0. The molecule has 0 spiro atoms. The van der Waals surface area contributed by atoms with Crippen molar-refractivity contribution in [3.05, 3.63) is 29.3 Å². The van der Waals surface area contributed by atoms with E-state index in [-0.39, 0.29) is 4.90 Å². The van der Waals surface area contributed by atoms with Gasteiger partial charge in [-0.15, -0.1) is 0 Å². The van der Waals surface area contributed by atoms with Gasteiger partial charge in [-0.1, -0.05) is 11.6 Å². The fourth-order valence-electron chi connectivity index (χ4n) is 0.607. The van der Waals surface area contributed by atoms with E-state index < -0.39 is 18.4 Å². The first-order valence-electron chi connectivity index (χ1n) is 3.37. The maximum atomic E-state index is 10.5. The first kappa shape index (κ1) is 16.0. The Balaban J connectivity index is 0.000000385. The molecule has 92 valence electrons. The molecule has 0 amide bonds. The number of hydrogen-bond acceptors (Lipinski definition) is 4. The summed E-state index contributed by atoms with van der Waals surface area (Å²) in [5, 5.41) is 0.428. The molecular weight excluding hydrogens is 323 g/mol. The van der Waals surface area contributed by atoms with E-state index >= 15 is 0 Å². The van der Waals surface area contributed by atoms with Gasteiger partial charge in [0.05, 0.1) is 4.90 Å². The van der Waals surface area contributed by atoms with Crippen molar-refractivity contribution in [1.82, 2.24) is 0 Å². The lowest BCUT2D eigenvalue weighted by atomic mass is 10.4. The highest BCUT2D eigenvalue weighted by atomic mass is 36.0. The van der Waals surface area contributed by atoms with E-state index in [1.165, 1.54) is 24.3 Å². The second-order valence-corrected chi connectivity index (χ2v) is 7.83. The van der Waals surface area contributed by atoms with Crippen LogP contribution in [0.3, 0.4) is 0 Å².